The highest BCUT2D eigenvalue weighted by Crippen LogP contribution is 2.25. The number of hydrogen-bond acceptors (Lipinski definition) is 3. The zero-order chi connectivity index (χ0) is 11.7. The van der Waals surface area contributed by atoms with Crippen LogP contribution in [0.3, 0.4) is 0 Å². The van der Waals surface area contributed by atoms with Crippen molar-refractivity contribution < 1.29 is 4.39 Å². The smallest absolute Gasteiger partial charge is 0.142 e. The molecule has 0 atom stereocenters. The number of benzene rings is 1. The molecule has 0 saturated carbocycles. The van der Waals surface area contributed by atoms with E-state index < -0.39 is 0 Å². The number of hydrogen-bond donors (Lipinski definition) is 1. The molecule has 3 nitrogen and oxygen atoms in total. The SMILES string of the molecule is Cc1cc(C)c(-c2cncc(N)n2)c(F)c1. The van der Waals surface area contributed by atoms with Crippen molar-refractivity contribution in [3.63, 3.8) is 0 Å². The Balaban J connectivity index is 2.64. The van der Waals surface area contributed by atoms with Crippen molar-refractivity contribution in [3.8, 4) is 11.3 Å². The lowest BCUT2D eigenvalue weighted by Gasteiger charge is -2.08. The number of nitrogens with zero attached hydrogens (tertiary/aromatic N) is 2. The van der Waals surface area contributed by atoms with Crippen molar-refractivity contribution in [2.24, 2.45) is 0 Å². The first-order chi connectivity index (χ1) is 7.58. The van der Waals surface area contributed by atoms with Gasteiger partial charge in [0.1, 0.15) is 11.6 Å². The van der Waals surface area contributed by atoms with Crippen LogP contribution in [-0.2, 0) is 0 Å². The third-order valence-corrected chi connectivity index (χ3v) is 2.34. The summed E-state index contributed by atoms with van der Waals surface area (Å²) < 4.78 is 13.8. The molecule has 1 aromatic carbocycles. The Morgan fingerprint density at radius 2 is 1.94 bits per heavy atom. The van der Waals surface area contributed by atoms with Crippen molar-refractivity contribution >= 4 is 5.82 Å². The van der Waals surface area contributed by atoms with Gasteiger partial charge in [-0.1, -0.05) is 6.07 Å². The van der Waals surface area contributed by atoms with Gasteiger partial charge in [-0.2, -0.15) is 0 Å². The van der Waals surface area contributed by atoms with Crippen molar-refractivity contribution in [1.82, 2.24) is 9.97 Å². The third-order valence-electron chi connectivity index (χ3n) is 2.34. The quantitative estimate of drug-likeness (QED) is 0.798. The number of nitrogens with two attached hydrogens (primary N) is 1. The monoisotopic (exact) mass is 217 g/mol. The predicted molar refractivity (Wildman–Crippen MR) is 61.3 cm³/mol. The van der Waals surface area contributed by atoms with Gasteiger partial charge in [0.05, 0.1) is 18.1 Å². The van der Waals surface area contributed by atoms with Crippen LogP contribution in [0.2, 0.25) is 0 Å². The minimum atomic E-state index is -0.294. The van der Waals surface area contributed by atoms with Gasteiger partial charge in [-0.25, -0.2) is 9.37 Å². The third kappa shape index (κ3) is 1.86. The standard InChI is InChI=1S/C12H12FN3/c1-7-3-8(2)12(9(13)4-7)10-5-15-6-11(14)16-10/h3-6H,1-2H3,(H2,14,16). The average Bonchev–Trinajstić information content (AvgIpc) is 2.15. The molecule has 0 saturated heterocycles. The molecule has 0 radical (unpaired) electrons. The highest BCUT2D eigenvalue weighted by atomic mass is 19.1. The largest absolute Gasteiger partial charge is 0.382 e. The fraction of sp³-hybridized carbons (Fsp3) is 0.167. The summed E-state index contributed by atoms with van der Waals surface area (Å²) >= 11 is 0. The van der Waals surface area contributed by atoms with Crippen LogP contribution in [0.5, 0.6) is 0 Å². The molecular formula is C12H12FN3. The lowest BCUT2D eigenvalue weighted by Crippen LogP contribution is -1.97. The van der Waals surface area contributed by atoms with Gasteiger partial charge >= 0.3 is 0 Å². The summed E-state index contributed by atoms with van der Waals surface area (Å²) in [5.41, 5.74) is 8.18. The zero-order valence-electron chi connectivity index (χ0n) is 9.16. The first-order valence-corrected chi connectivity index (χ1v) is 4.92. The molecule has 2 N–H and O–H groups in total. The number of rotatable bonds is 1. The lowest BCUT2D eigenvalue weighted by molar-refractivity contribution is 0.628. The molecule has 0 bridgehead atoms. The van der Waals surface area contributed by atoms with Crippen molar-refractivity contribution in [2.45, 2.75) is 13.8 Å². The Bertz CT molecular complexity index is 515. The van der Waals surface area contributed by atoms with E-state index in [-0.39, 0.29) is 11.6 Å². The number of aryl methyl sites for hydroxylation is 2. The summed E-state index contributed by atoms with van der Waals surface area (Å²) in [6, 6.07) is 3.39. The Hall–Kier alpha value is -1.97. The van der Waals surface area contributed by atoms with Crippen LogP contribution in [0.4, 0.5) is 10.2 Å². The molecule has 0 unspecified atom stereocenters. The highest BCUT2D eigenvalue weighted by molar-refractivity contribution is 5.65. The van der Waals surface area contributed by atoms with E-state index in [9.17, 15) is 4.39 Å². The summed E-state index contributed by atoms with van der Waals surface area (Å²) in [6.07, 6.45) is 2.95. The Kier molecular flexibility index (Phi) is 2.56. The number of nitrogen functional groups attached to an aromatic ring is 1. The molecule has 2 aromatic rings. The van der Waals surface area contributed by atoms with E-state index >= 15 is 0 Å². The minimum absolute atomic E-state index is 0.289. The molecule has 0 fully saturated rings. The van der Waals surface area contributed by atoms with E-state index in [0.717, 1.165) is 11.1 Å². The molecule has 0 aliphatic carbocycles. The van der Waals surface area contributed by atoms with Crippen LogP contribution < -0.4 is 5.73 Å². The fourth-order valence-corrected chi connectivity index (χ4v) is 1.74. The van der Waals surface area contributed by atoms with Gasteiger partial charge in [-0.15, -0.1) is 0 Å². The predicted octanol–water partition coefficient (Wildman–Crippen LogP) is 2.48. The molecule has 1 aromatic heterocycles. The second-order valence-electron chi connectivity index (χ2n) is 3.77. The normalized spacial score (nSPS) is 10.4. The van der Waals surface area contributed by atoms with Crippen molar-refractivity contribution in [2.75, 3.05) is 5.73 Å². The lowest BCUT2D eigenvalue weighted by atomic mass is 10.0. The van der Waals surface area contributed by atoms with Crippen LogP contribution in [0, 0.1) is 19.7 Å². The molecule has 4 heteroatoms. The Morgan fingerprint density at radius 3 is 2.56 bits per heavy atom. The summed E-state index contributed by atoms with van der Waals surface area (Å²) in [7, 11) is 0. The Labute approximate surface area is 93.2 Å². The van der Waals surface area contributed by atoms with Gasteiger partial charge in [0, 0.05) is 5.56 Å². The summed E-state index contributed by atoms with van der Waals surface area (Å²) in [6.45, 7) is 3.70. The van der Waals surface area contributed by atoms with E-state index in [2.05, 4.69) is 9.97 Å². The van der Waals surface area contributed by atoms with E-state index in [4.69, 9.17) is 5.73 Å². The maximum atomic E-state index is 13.8. The van der Waals surface area contributed by atoms with Crippen LogP contribution in [0.1, 0.15) is 11.1 Å². The van der Waals surface area contributed by atoms with Crippen molar-refractivity contribution in [3.05, 3.63) is 41.5 Å². The first-order valence-electron chi connectivity index (χ1n) is 4.92. The molecule has 2 rings (SSSR count). The summed E-state index contributed by atoms with van der Waals surface area (Å²) in [4.78, 5) is 7.98. The van der Waals surface area contributed by atoms with E-state index in [0.29, 0.717) is 11.3 Å². The average molecular weight is 217 g/mol. The van der Waals surface area contributed by atoms with Crippen LogP contribution in [0.25, 0.3) is 11.3 Å². The molecule has 82 valence electrons. The molecule has 16 heavy (non-hydrogen) atoms. The molecule has 1 heterocycles. The molecule has 0 amide bonds. The molecule has 0 spiro atoms. The van der Waals surface area contributed by atoms with E-state index in [1.165, 1.54) is 18.5 Å². The highest BCUT2D eigenvalue weighted by Gasteiger charge is 2.11. The Morgan fingerprint density at radius 1 is 1.19 bits per heavy atom. The van der Waals surface area contributed by atoms with Gasteiger partial charge in [-0.3, -0.25) is 4.98 Å². The van der Waals surface area contributed by atoms with Gasteiger partial charge < -0.3 is 5.73 Å². The van der Waals surface area contributed by atoms with Crippen LogP contribution in [-0.4, -0.2) is 9.97 Å². The molecule has 0 aliphatic rings. The zero-order valence-corrected chi connectivity index (χ0v) is 9.16. The number of anilines is 1. The topological polar surface area (TPSA) is 51.8 Å². The van der Waals surface area contributed by atoms with Crippen LogP contribution in [0.15, 0.2) is 24.5 Å². The number of aromatic nitrogens is 2. The van der Waals surface area contributed by atoms with Gasteiger partial charge in [-0.05, 0) is 31.0 Å². The van der Waals surface area contributed by atoms with E-state index in [1.54, 1.807) is 0 Å². The van der Waals surface area contributed by atoms with Gasteiger partial charge in [0.2, 0.25) is 0 Å². The summed E-state index contributed by atoms with van der Waals surface area (Å²) in [5.74, 6) is -0.00530. The second-order valence-corrected chi connectivity index (χ2v) is 3.77. The molecule has 0 aliphatic heterocycles. The fourth-order valence-electron chi connectivity index (χ4n) is 1.74. The first kappa shape index (κ1) is 10.5. The minimum Gasteiger partial charge on any atom is -0.382 e. The van der Waals surface area contributed by atoms with Gasteiger partial charge in [0.15, 0.2) is 0 Å². The summed E-state index contributed by atoms with van der Waals surface area (Å²) in [5, 5.41) is 0. The van der Waals surface area contributed by atoms with E-state index in [1.807, 2.05) is 19.9 Å². The molecular weight excluding hydrogens is 205 g/mol. The number of halogens is 1. The maximum absolute atomic E-state index is 13.8. The van der Waals surface area contributed by atoms with Crippen molar-refractivity contribution in [1.29, 1.82) is 0 Å². The second kappa shape index (κ2) is 3.89. The maximum Gasteiger partial charge on any atom is 0.142 e. The van der Waals surface area contributed by atoms with Gasteiger partial charge in [0.25, 0.3) is 0 Å². The van der Waals surface area contributed by atoms with Crippen LogP contribution >= 0.6 is 0 Å².